The first-order valence-electron chi connectivity index (χ1n) is 4.23. The van der Waals surface area contributed by atoms with Crippen molar-refractivity contribution < 1.29 is 4.79 Å². The molecule has 0 fully saturated rings. The number of amides is 1. The second kappa shape index (κ2) is 4.92. The van der Waals surface area contributed by atoms with Gasteiger partial charge in [0.1, 0.15) is 5.69 Å². The highest BCUT2D eigenvalue weighted by Gasteiger charge is 2.08. The molecule has 6 heteroatoms. The van der Waals surface area contributed by atoms with Gasteiger partial charge in [-0.25, -0.2) is 4.98 Å². The highest BCUT2D eigenvalue weighted by Crippen LogP contribution is 2.10. The second-order valence-electron chi connectivity index (χ2n) is 3.13. The molecule has 0 spiro atoms. The van der Waals surface area contributed by atoms with Crippen molar-refractivity contribution >= 4 is 22.4 Å². The van der Waals surface area contributed by atoms with Gasteiger partial charge in [-0.15, -0.1) is 11.3 Å². The Labute approximate surface area is 86.9 Å². The SMILES string of the molecule is CN(C)CCNC(=O)c1csc(N)n1. The van der Waals surface area contributed by atoms with Crippen LogP contribution >= 0.6 is 11.3 Å². The molecule has 0 radical (unpaired) electrons. The molecule has 0 saturated carbocycles. The number of nitrogen functional groups attached to an aromatic ring is 1. The van der Waals surface area contributed by atoms with Crippen LogP contribution in [0, 0.1) is 0 Å². The number of nitrogens with one attached hydrogen (secondary N) is 1. The summed E-state index contributed by atoms with van der Waals surface area (Å²) in [6.07, 6.45) is 0. The molecule has 0 aromatic carbocycles. The van der Waals surface area contributed by atoms with E-state index in [4.69, 9.17) is 5.73 Å². The van der Waals surface area contributed by atoms with Crippen LogP contribution in [0.4, 0.5) is 5.13 Å². The van der Waals surface area contributed by atoms with E-state index in [2.05, 4.69) is 10.3 Å². The van der Waals surface area contributed by atoms with E-state index in [-0.39, 0.29) is 5.91 Å². The fraction of sp³-hybridized carbons (Fsp3) is 0.500. The first-order valence-corrected chi connectivity index (χ1v) is 5.11. The van der Waals surface area contributed by atoms with E-state index in [9.17, 15) is 4.79 Å². The molecule has 0 aliphatic carbocycles. The number of likely N-dealkylation sites (N-methyl/N-ethyl adjacent to an activating group) is 1. The van der Waals surface area contributed by atoms with E-state index >= 15 is 0 Å². The van der Waals surface area contributed by atoms with E-state index in [1.165, 1.54) is 11.3 Å². The molecule has 5 nitrogen and oxygen atoms in total. The Balaban J connectivity index is 2.36. The van der Waals surface area contributed by atoms with E-state index in [0.29, 0.717) is 17.4 Å². The molecule has 1 aromatic rings. The summed E-state index contributed by atoms with van der Waals surface area (Å²) in [5.41, 5.74) is 5.81. The standard InChI is InChI=1S/C8H14N4OS/c1-12(2)4-3-10-7(13)6-5-14-8(9)11-6/h5H,3-4H2,1-2H3,(H2,9,11)(H,10,13). The quantitative estimate of drug-likeness (QED) is 0.741. The first-order chi connectivity index (χ1) is 6.59. The maximum atomic E-state index is 11.4. The molecule has 78 valence electrons. The number of thiazole rings is 1. The Kier molecular flexibility index (Phi) is 3.84. The van der Waals surface area contributed by atoms with E-state index in [1.54, 1.807) is 5.38 Å². The molecule has 0 unspecified atom stereocenters. The Bertz CT molecular complexity index is 310. The summed E-state index contributed by atoms with van der Waals surface area (Å²) < 4.78 is 0. The van der Waals surface area contributed by atoms with Gasteiger partial charge in [0.2, 0.25) is 0 Å². The summed E-state index contributed by atoms with van der Waals surface area (Å²) in [5, 5.41) is 4.82. The molecule has 1 aromatic heterocycles. The van der Waals surface area contributed by atoms with Gasteiger partial charge in [-0.3, -0.25) is 4.79 Å². The van der Waals surface area contributed by atoms with Crippen LogP contribution in [0.1, 0.15) is 10.5 Å². The number of nitrogens with two attached hydrogens (primary N) is 1. The maximum absolute atomic E-state index is 11.4. The molecular weight excluding hydrogens is 200 g/mol. The molecule has 1 rings (SSSR count). The number of hydrogen-bond acceptors (Lipinski definition) is 5. The average Bonchev–Trinajstić information content (AvgIpc) is 2.51. The lowest BCUT2D eigenvalue weighted by atomic mass is 10.4. The molecule has 0 atom stereocenters. The first kappa shape index (κ1) is 10.9. The van der Waals surface area contributed by atoms with Gasteiger partial charge in [0, 0.05) is 18.5 Å². The Hall–Kier alpha value is -1.14. The highest BCUT2D eigenvalue weighted by molar-refractivity contribution is 7.13. The zero-order valence-corrected chi connectivity index (χ0v) is 9.10. The van der Waals surface area contributed by atoms with Crippen LogP contribution in [0.25, 0.3) is 0 Å². The van der Waals surface area contributed by atoms with Crippen LogP contribution in [0.2, 0.25) is 0 Å². The maximum Gasteiger partial charge on any atom is 0.270 e. The smallest absolute Gasteiger partial charge is 0.270 e. The fourth-order valence-corrected chi connectivity index (χ4v) is 1.42. The van der Waals surface area contributed by atoms with Crippen molar-refractivity contribution in [1.82, 2.24) is 15.2 Å². The number of hydrogen-bond donors (Lipinski definition) is 2. The van der Waals surface area contributed by atoms with Gasteiger partial charge >= 0.3 is 0 Å². The van der Waals surface area contributed by atoms with Gasteiger partial charge in [-0.1, -0.05) is 0 Å². The lowest BCUT2D eigenvalue weighted by Crippen LogP contribution is -2.31. The lowest BCUT2D eigenvalue weighted by molar-refractivity contribution is 0.0947. The monoisotopic (exact) mass is 214 g/mol. The van der Waals surface area contributed by atoms with Crippen LogP contribution in [-0.2, 0) is 0 Å². The molecule has 14 heavy (non-hydrogen) atoms. The van der Waals surface area contributed by atoms with Crippen molar-refractivity contribution in [3.63, 3.8) is 0 Å². The van der Waals surface area contributed by atoms with E-state index < -0.39 is 0 Å². The normalized spacial score (nSPS) is 10.5. The third-order valence-corrected chi connectivity index (χ3v) is 2.27. The molecule has 0 aliphatic heterocycles. The highest BCUT2D eigenvalue weighted by atomic mass is 32.1. The van der Waals surface area contributed by atoms with Crippen LogP contribution in [-0.4, -0.2) is 43.0 Å². The van der Waals surface area contributed by atoms with Gasteiger partial charge in [-0.2, -0.15) is 0 Å². The van der Waals surface area contributed by atoms with Crippen LogP contribution in [0.3, 0.4) is 0 Å². The van der Waals surface area contributed by atoms with Gasteiger partial charge < -0.3 is 16.0 Å². The lowest BCUT2D eigenvalue weighted by Gasteiger charge is -2.09. The molecule has 1 amide bonds. The minimum Gasteiger partial charge on any atom is -0.375 e. The van der Waals surface area contributed by atoms with Gasteiger partial charge in [0.25, 0.3) is 5.91 Å². The van der Waals surface area contributed by atoms with Crippen molar-refractivity contribution in [1.29, 1.82) is 0 Å². The van der Waals surface area contributed by atoms with Crippen molar-refractivity contribution in [3.8, 4) is 0 Å². The fourth-order valence-electron chi connectivity index (χ4n) is 0.876. The molecular formula is C8H14N4OS. The summed E-state index contributed by atoms with van der Waals surface area (Å²) in [5.74, 6) is -0.167. The zero-order valence-electron chi connectivity index (χ0n) is 8.28. The third-order valence-electron chi connectivity index (χ3n) is 1.60. The molecule has 1 heterocycles. The number of carbonyl (C=O) groups excluding carboxylic acids is 1. The van der Waals surface area contributed by atoms with Gasteiger partial charge in [-0.05, 0) is 14.1 Å². The minimum absolute atomic E-state index is 0.167. The third kappa shape index (κ3) is 3.31. The van der Waals surface area contributed by atoms with E-state index in [0.717, 1.165) is 6.54 Å². The number of aromatic nitrogens is 1. The van der Waals surface area contributed by atoms with Gasteiger partial charge in [0.05, 0.1) is 0 Å². The van der Waals surface area contributed by atoms with Crippen LogP contribution in [0.15, 0.2) is 5.38 Å². The van der Waals surface area contributed by atoms with Crippen LogP contribution < -0.4 is 11.1 Å². The topological polar surface area (TPSA) is 71.2 Å². The van der Waals surface area contributed by atoms with Gasteiger partial charge in [0.15, 0.2) is 5.13 Å². The minimum atomic E-state index is -0.167. The number of anilines is 1. The number of rotatable bonds is 4. The van der Waals surface area contributed by atoms with Crippen molar-refractivity contribution in [2.75, 3.05) is 32.9 Å². The predicted octanol–water partition coefficient (Wildman–Crippen LogP) is 0.0167. The second-order valence-corrected chi connectivity index (χ2v) is 4.02. The summed E-state index contributed by atoms with van der Waals surface area (Å²) in [4.78, 5) is 17.3. The van der Waals surface area contributed by atoms with Crippen LogP contribution in [0.5, 0.6) is 0 Å². The summed E-state index contributed by atoms with van der Waals surface area (Å²) in [6.45, 7) is 1.43. The number of nitrogens with zero attached hydrogens (tertiary/aromatic N) is 2. The molecule has 0 aliphatic rings. The Morgan fingerprint density at radius 1 is 1.71 bits per heavy atom. The molecule has 0 saturated heterocycles. The largest absolute Gasteiger partial charge is 0.375 e. The Morgan fingerprint density at radius 2 is 2.43 bits per heavy atom. The Morgan fingerprint density at radius 3 is 2.93 bits per heavy atom. The van der Waals surface area contributed by atoms with Crippen molar-refractivity contribution in [3.05, 3.63) is 11.1 Å². The van der Waals surface area contributed by atoms with E-state index in [1.807, 2.05) is 19.0 Å². The van der Waals surface area contributed by atoms with Crippen molar-refractivity contribution in [2.45, 2.75) is 0 Å². The zero-order chi connectivity index (χ0) is 10.6. The summed E-state index contributed by atoms with van der Waals surface area (Å²) >= 11 is 1.27. The van der Waals surface area contributed by atoms with Crippen molar-refractivity contribution in [2.24, 2.45) is 0 Å². The number of carbonyl (C=O) groups is 1. The average molecular weight is 214 g/mol. The molecule has 0 bridgehead atoms. The predicted molar refractivity (Wildman–Crippen MR) is 57.4 cm³/mol. The molecule has 3 N–H and O–H groups in total. The summed E-state index contributed by atoms with van der Waals surface area (Å²) in [7, 11) is 3.90. The summed E-state index contributed by atoms with van der Waals surface area (Å²) in [6, 6.07) is 0.